The molecule has 1 atom stereocenters. The van der Waals surface area contributed by atoms with Crippen molar-refractivity contribution in [3.8, 4) is 5.75 Å². The summed E-state index contributed by atoms with van der Waals surface area (Å²) in [7, 11) is 1.68. The third-order valence-corrected chi connectivity index (χ3v) is 6.29. The molecule has 0 spiro atoms. The fourth-order valence-corrected chi connectivity index (χ4v) is 4.19. The zero-order chi connectivity index (χ0) is 24.7. The molecule has 4 nitrogen and oxygen atoms in total. The zero-order valence-corrected chi connectivity index (χ0v) is 21.0. The van der Waals surface area contributed by atoms with Gasteiger partial charge < -0.3 is 9.47 Å². The Balaban J connectivity index is 0.000000189. The first-order chi connectivity index (χ1) is 16.3. The minimum absolute atomic E-state index is 0.00870. The van der Waals surface area contributed by atoms with E-state index in [0.29, 0.717) is 11.5 Å². The first-order valence-corrected chi connectivity index (χ1v) is 12.1. The van der Waals surface area contributed by atoms with Gasteiger partial charge in [-0.2, -0.15) is 0 Å². The molecule has 5 rings (SSSR count). The largest absolute Gasteiger partial charge is 0.496 e. The Hall–Kier alpha value is -2.95. The third kappa shape index (κ3) is 7.54. The first-order valence-electron chi connectivity index (χ1n) is 12.1. The Bertz CT molecular complexity index is 996. The lowest BCUT2D eigenvalue weighted by Gasteiger charge is -2.27. The van der Waals surface area contributed by atoms with Crippen molar-refractivity contribution in [1.29, 1.82) is 0 Å². The molecule has 1 heterocycles. The lowest BCUT2D eigenvalue weighted by Crippen LogP contribution is -2.24. The number of nitrogens with zero attached hydrogens (tertiary/aromatic N) is 1. The van der Waals surface area contributed by atoms with Gasteiger partial charge >= 0.3 is 0 Å². The fourth-order valence-electron chi connectivity index (χ4n) is 4.19. The summed E-state index contributed by atoms with van der Waals surface area (Å²) >= 11 is 0. The molecule has 1 saturated carbocycles. The lowest BCUT2D eigenvalue weighted by atomic mass is 9.88. The maximum Gasteiger partial charge on any atom is 0.196 e. The molecule has 2 aromatic carbocycles. The van der Waals surface area contributed by atoms with Gasteiger partial charge in [0.15, 0.2) is 11.5 Å². The van der Waals surface area contributed by atoms with E-state index in [1.807, 2.05) is 32.0 Å². The smallest absolute Gasteiger partial charge is 0.196 e. The van der Waals surface area contributed by atoms with Crippen LogP contribution in [0.15, 0.2) is 52.8 Å². The number of rotatable bonds is 4. The van der Waals surface area contributed by atoms with E-state index in [1.165, 1.54) is 49.4 Å². The molecule has 182 valence electrons. The summed E-state index contributed by atoms with van der Waals surface area (Å²) in [5.74, 6) is 2.15. The number of halogens is 1. The van der Waals surface area contributed by atoms with Crippen LogP contribution in [0.3, 0.4) is 0 Å². The van der Waals surface area contributed by atoms with Crippen molar-refractivity contribution in [2.75, 3.05) is 7.11 Å². The first kappa shape index (κ1) is 25.7. The number of allylic oxidation sites excluding steroid dienone is 2. The number of hydrogen-bond acceptors (Lipinski definition) is 4. The highest BCUT2D eigenvalue weighted by Crippen LogP contribution is 2.32. The van der Waals surface area contributed by atoms with E-state index in [1.54, 1.807) is 13.3 Å². The van der Waals surface area contributed by atoms with E-state index in [4.69, 9.17) is 9.47 Å². The summed E-state index contributed by atoms with van der Waals surface area (Å²) in [5, 5.41) is 0. The molecule has 0 aromatic heterocycles. The number of Topliss-reactive ketones (excluding diaryl/α,β-unsaturated/α-hetero) is 1. The molecule has 0 bridgehead atoms. The van der Waals surface area contributed by atoms with Crippen LogP contribution in [-0.4, -0.2) is 25.2 Å². The Morgan fingerprint density at radius 3 is 2.21 bits per heavy atom. The molecule has 1 fully saturated rings. The number of aryl methyl sites for hydroxylation is 3. The number of methoxy groups -OCH3 is 1. The number of aliphatic imine (C=N–C) groups is 1. The number of carbonyl (C=O) groups excluding carboxylic acids is 1. The number of hydrogen-bond donors (Lipinski definition) is 0. The number of ketones is 1. The van der Waals surface area contributed by atoms with Crippen molar-refractivity contribution >= 4 is 12.0 Å². The van der Waals surface area contributed by atoms with Crippen molar-refractivity contribution in [3.05, 3.63) is 75.9 Å². The van der Waals surface area contributed by atoms with Crippen molar-refractivity contribution in [1.82, 2.24) is 0 Å². The zero-order valence-electron chi connectivity index (χ0n) is 21.0. The summed E-state index contributed by atoms with van der Waals surface area (Å²) in [6, 6.07) is 11.1. The highest BCUT2D eigenvalue weighted by atomic mass is 19.1. The minimum atomic E-state index is -0.146. The molecule has 1 aliphatic heterocycles. The van der Waals surface area contributed by atoms with Gasteiger partial charge in [-0.3, -0.25) is 4.79 Å². The number of carbonyl (C=O) groups is 1. The Morgan fingerprint density at radius 1 is 1.09 bits per heavy atom. The predicted octanol–water partition coefficient (Wildman–Crippen LogP) is 6.70. The quantitative estimate of drug-likeness (QED) is 0.373. The van der Waals surface area contributed by atoms with E-state index in [-0.39, 0.29) is 17.7 Å². The molecular formula is C29H36FNO3. The second-order valence-corrected chi connectivity index (χ2v) is 9.45. The number of ether oxygens (including phenoxy) is 2. The van der Waals surface area contributed by atoms with Crippen molar-refractivity contribution < 1.29 is 18.7 Å². The van der Waals surface area contributed by atoms with Gasteiger partial charge in [-0.15, -0.1) is 0 Å². The van der Waals surface area contributed by atoms with Crippen molar-refractivity contribution in [3.63, 3.8) is 0 Å². The highest BCUT2D eigenvalue weighted by Gasteiger charge is 2.26. The third-order valence-electron chi connectivity index (χ3n) is 6.29. The maximum atomic E-state index is 12.4. The van der Waals surface area contributed by atoms with Crippen LogP contribution >= 0.6 is 0 Å². The van der Waals surface area contributed by atoms with E-state index in [9.17, 15) is 9.18 Å². The molecule has 2 aromatic rings. The van der Waals surface area contributed by atoms with Gasteiger partial charge in [0.2, 0.25) is 0 Å². The lowest BCUT2D eigenvalue weighted by molar-refractivity contribution is -0.118. The minimum Gasteiger partial charge on any atom is -0.496 e. The molecule has 1 unspecified atom stereocenters. The standard InChI is InChI=1S/C16H17NO3.C8H9F.C5H10/c1-10(18)16(14-9-17-14)20-12-7-6-11-4-3-5-15(19-2)13(11)8-12;1-6-3-7(2)5-8(9)4-6;1-5-3-2-4-5/h3-5,9,12H,6-8H2,1-2H3;3-5H,1-2H3;5H,2-4H2,1H3/b16-14-;;. The molecule has 5 heteroatoms. The van der Waals surface area contributed by atoms with E-state index < -0.39 is 0 Å². The van der Waals surface area contributed by atoms with E-state index in [0.717, 1.165) is 42.1 Å². The second-order valence-electron chi connectivity index (χ2n) is 9.45. The highest BCUT2D eigenvalue weighted by molar-refractivity contribution is 6.04. The summed E-state index contributed by atoms with van der Waals surface area (Å²) in [6.07, 6.45) is 8.75. The molecule has 0 radical (unpaired) electrons. The average molecular weight is 466 g/mol. The van der Waals surface area contributed by atoms with Crippen LogP contribution in [0.5, 0.6) is 5.75 Å². The van der Waals surface area contributed by atoms with E-state index in [2.05, 4.69) is 18.0 Å². The molecule has 3 aliphatic rings. The van der Waals surface area contributed by atoms with Crippen LogP contribution in [0.4, 0.5) is 4.39 Å². The van der Waals surface area contributed by atoms with E-state index >= 15 is 0 Å². The molecule has 0 amide bonds. The van der Waals surface area contributed by atoms with Crippen LogP contribution in [0.25, 0.3) is 0 Å². The molecule has 2 aliphatic carbocycles. The van der Waals surface area contributed by atoms with Gasteiger partial charge in [0.25, 0.3) is 0 Å². The number of benzene rings is 2. The van der Waals surface area contributed by atoms with Crippen LogP contribution in [0, 0.1) is 25.6 Å². The summed E-state index contributed by atoms with van der Waals surface area (Å²) in [4.78, 5) is 15.5. The van der Waals surface area contributed by atoms with Gasteiger partial charge in [-0.05, 0) is 67.5 Å². The predicted molar refractivity (Wildman–Crippen MR) is 135 cm³/mol. The topological polar surface area (TPSA) is 47.9 Å². The van der Waals surface area contributed by atoms with Gasteiger partial charge in [0.1, 0.15) is 23.4 Å². The molecule has 0 N–H and O–H groups in total. The number of fused-ring (bicyclic) bond motifs is 1. The van der Waals surface area contributed by atoms with Crippen molar-refractivity contribution in [2.45, 2.75) is 72.3 Å². The summed E-state index contributed by atoms with van der Waals surface area (Å²) in [5.41, 5.74) is 5.14. The average Bonchev–Trinajstić information content (AvgIpc) is 3.60. The Kier molecular flexibility index (Phi) is 9.03. The molecule has 34 heavy (non-hydrogen) atoms. The summed E-state index contributed by atoms with van der Waals surface area (Å²) < 4.78 is 23.7. The summed E-state index contributed by atoms with van der Waals surface area (Å²) in [6.45, 7) is 7.59. The van der Waals surface area contributed by atoms with Crippen LogP contribution < -0.4 is 4.74 Å². The second kappa shape index (κ2) is 12.0. The SMILES string of the molecule is CC1CCC1.COc1cccc2c1CC(O/C(C(C)=O)=C1C=N/1)CC2.Cc1cc(C)cc(F)c1. The van der Waals surface area contributed by atoms with Gasteiger partial charge in [0.05, 0.1) is 13.3 Å². The van der Waals surface area contributed by atoms with Gasteiger partial charge in [-0.1, -0.05) is 44.4 Å². The van der Waals surface area contributed by atoms with Gasteiger partial charge in [0, 0.05) is 18.9 Å². The van der Waals surface area contributed by atoms with Crippen LogP contribution in [0.1, 0.15) is 61.8 Å². The molecule has 0 saturated heterocycles. The Labute approximate surface area is 202 Å². The fraction of sp³-hybridized carbons (Fsp3) is 0.448. The van der Waals surface area contributed by atoms with Crippen molar-refractivity contribution in [2.24, 2.45) is 10.9 Å². The normalized spacial score (nSPS) is 19.3. The molecular weight excluding hydrogens is 429 g/mol. The Morgan fingerprint density at radius 2 is 1.74 bits per heavy atom. The van der Waals surface area contributed by atoms with Crippen LogP contribution in [-0.2, 0) is 22.4 Å². The van der Waals surface area contributed by atoms with Gasteiger partial charge in [-0.25, -0.2) is 9.38 Å². The monoisotopic (exact) mass is 465 g/mol. The van der Waals surface area contributed by atoms with Crippen LogP contribution in [0.2, 0.25) is 0 Å². The maximum absolute atomic E-state index is 12.4.